The lowest BCUT2D eigenvalue weighted by Crippen LogP contribution is -2.13. The molecule has 0 bridgehead atoms. The highest BCUT2D eigenvalue weighted by molar-refractivity contribution is 7.15. The Balaban J connectivity index is 1.51. The summed E-state index contributed by atoms with van der Waals surface area (Å²) in [6, 6.07) is 9.31. The van der Waals surface area contributed by atoms with Crippen molar-refractivity contribution in [3.63, 3.8) is 0 Å². The number of aromatic nitrogens is 2. The van der Waals surface area contributed by atoms with Crippen LogP contribution in [0.15, 0.2) is 40.3 Å². The molecule has 1 N–H and O–H groups in total. The van der Waals surface area contributed by atoms with Gasteiger partial charge in [0.05, 0.1) is 23.7 Å². The number of hydrogen-bond acceptors (Lipinski definition) is 9. The Kier molecular flexibility index (Phi) is 6.98. The number of hydrogen-bond donors (Lipinski definition) is 1. The van der Waals surface area contributed by atoms with E-state index in [4.69, 9.17) is 9.15 Å². The Bertz CT molecular complexity index is 1280. The average molecular weight is 480 g/mol. The lowest BCUT2D eigenvalue weighted by atomic mass is 9.90. The van der Waals surface area contributed by atoms with Crippen LogP contribution >= 0.6 is 11.3 Å². The molecule has 10 nitrogen and oxygen atoms in total. The van der Waals surface area contributed by atoms with Crippen molar-refractivity contribution in [2.24, 2.45) is 0 Å². The maximum atomic E-state index is 12.6. The summed E-state index contributed by atoms with van der Waals surface area (Å²) in [4.78, 5) is 23.5. The minimum absolute atomic E-state index is 0.187. The molecule has 3 aromatic rings. The molecule has 0 aliphatic heterocycles. The van der Waals surface area contributed by atoms with Gasteiger partial charge in [-0.15, -0.1) is 10.2 Å². The van der Waals surface area contributed by atoms with Crippen molar-refractivity contribution in [3.8, 4) is 23.1 Å². The lowest BCUT2D eigenvalue weighted by Gasteiger charge is -2.18. The first-order valence-corrected chi connectivity index (χ1v) is 11.5. The maximum Gasteiger partial charge on any atom is 0.284 e. The summed E-state index contributed by atoms with van der Waals surface area (Å²) in [6.45, 7) is 0. The molecule has 0 saturated heterocycles. The zero-order valence-corrected chi connectivity index (χ0v) is 19.1. The molecule has 0 unspecified atom stereocenters. The zero-order chi connectivity index (χ0) is 24.1. The van der Waals surface area contributed by atoms with Crippen LogP contribution in [-0.4, -0.2) is 28.1 Å². The molecule has 11 heteroatoms. The fourth-order valence-corrected chi connectivity index (χ4v) is 4.74. The van der Waals surface area contributed by atoms with E-state index >= 15 is 0 Å². The van der Waals surface area contributed by atoms with Crippen LogP contribution in [0.1, 0.15) is 48.8 Å². The molecule has 0 spiro atoms. The van der Waals surface area contributed by atoms with Crippen molar-refractivity contribution in [1.29, 1.82) is 5.26 Å². The van der Waals surface area contributed by atoms with E-state index < -0.39 is 10.8 Å². The molecule has 174 valence electrons. The number of nitro benzene ring substituents is 1. The fraction of sp³-hybridized carbons (Fsp3) is 0.304. The van der Waals surface area contributed by atoms with E-state index in [0.717, 1.165) is 30.7 Å². The topological polar surface area (TPSA) is 144 Å². The van der Waals surface area contributed by atoms with E-state index in [2.05, 4.69) is 15.5 Å². The van der Waals surface area contributed by atoms with Gasteiger partial charge in [-0.3, -0.25) is 20.2 Å². The number of nitriles is 1. The van der Waals surface area contributed by atoms with Crippen molar-refractivity contribution in [3.05, 3.63) is 56.8 Å². The molecule has 34 heavy (non-hydrogen) atoms. The van der Waals surface area contributed by atoms with Crippen LogP contribution in [0.3, 0.4) is 0 Å². The number of amides is 1. The predicted octanol–water partition coefficient (Wildman–Crippen LogP) is 5.31. The monoisotopic (exact) mass is 479 g/mol. The number of anilines is 1. The first-order valence-electron chi connectivity index (χ1n) is 10.7. The Morgan fingerprint density at radius 3 is 2.79 bits per heavy atom. The standard InChI is InChI=1S/C23H21N5O5S/c1-32-16-7-9-18(19(12-16)28(30)31)20-10-8-17(33-20)11-15(13-24)21(29)25-23-27-26-22(34-23)14-5-3-2-4-6-14/h7-12,14H,2-6H2,1H3,(H,25,27,29)/b15-11-. The Morgan fingerprint density at radius 2 is 2.09 bits per heavy atom. The predicted molar refractivity (Wildman–Crippen MR) is 125 cm³/mol. The summed E-state index contributed by atoms with van der Waals surface area (Å²) in [5.41, 5.74) is -0.135. The Hall–Kier alpha value is -4.04. The van der Waals surface area contributed by atoms with Crippen LogP contribution in [0.25, 0.3) is 17.4 Å². The van der Waals surface area contributed by atoms with Gasteiger partial charge in [0.2, 0.25) is 5.13 Å². The fourth-order valence-electron chi connectivity index (χ4n) is 3.83. The summed E-state index contributed by atoms with van der Waals surface area (Å²) in [5.74, 6) is 0.495. The second-order valence-electron chi connectivity index (χ2n) is 7.75. The summed E-state index contributed by atoms with van der Waals surface area (Å²) >= 11 is 1.32. The highest BCUT2D eigenvalue weighted by Crippen LogP contribution is 2.36. The van der Waals surface area contributed by atoms with Crippen LogP contribution in [0.2, 0.25) is 0 Å². The highest BCUT2D eigenvalue weighted by atomic mass is 32.1. The van der Waals surface area contributed by atoms with Gasteiger partial charge < -0.3 is 9.15 Å². The quantitative estimate of drug-likeness (QED) is 0.208. The number of furan rings is 1. The van der Waals surface area contributed by atoms with Gasteiger partial charge in [-0.25, -0.2) is 0 Å². The number of nitro groups is 1. The SMILES string of the molecule is COc1ccc(-c2ccc(/C=C(/C#N)C(=O)Nc3nnc(C4CCCCC4)s3)o2)c([N+](=O)[O-])c1. The van der Waals surface area contributed by atoms with Crippen molar-refractivity contribution in [2.75, 3.05) is 12.4 Å². The van der Waals surface area contributed by atoms with E-state index in [9.17, 15) is 20.2 Å². The van der Waals surface area contributed by atoms with E-state index in [0.29, 0.717) is 16.8 Å². The van der Waals surface area contributed by atoms with Crippen molar-refractivity contribution in [2.45, 2.75) is 38.0 Å². The van der Waals surface area contributed by atoms with Crippen LogP contribution in [-0.2, 0) is 4.79 Å². The van der Waals surface area contributed by atoms with Crippen LogP contribution in [0, 0.1) is 21.4 Å². The van der Waals surface area contributed by atoms with Crippen molar-refractivity contribution < 1.29 is 18.9 Å². The van der Waals surface area contributed by atoms with Gasteiger partial charge in [0.25, 0.3) is 11.6 Å². The molecular weight excluding hydrogens is 458 g/mol. The van der Waals surface area contributed by atoms with Gasteiger partial charge in [0.15, 0.2) is 0 Å². The molecule has 1 fully saturated rings. The maximum absolute atomic E-state index is 12.6. The molecule has 0 atom stereocenters. The largest absolute Gasteiger partial charge is 0.497 e. The van der Waals surface area contributed by atoms with Crippen LogP contribution < -0.4 is 10.1 Å². The Morgan fingerprint density at radius 1 is 1.29 bits per heavy atom. The molecule has 2 aromatic heterocycles. The van der Waals surface area contributed by atoms with E-state index in [1.54, 1.807) is 6.07 Å². The third kappa shape index (κ3) is 5.13. The molecule has 1 saturated carbocycles. The third-order valence-corrected chi connectivity index (χ3v) is 6.56. The van der Waals surface area contributed by atoms with Crippen LogP contribution in [0.4, 0.5) is 10.8 Å². The van der Waals surface area contributed by atoms with E-state index in [-0.39, 0.29) is 28.3 Å². The first-order chi connectivity index (χ1) is 16.5. The second kappa shape index (κ2) is 10.3. The number of benzene rings is 1. The minimum Gasteiger partial charge on any atom is -0.497 e. The minimum atomic E-state index is -0.637. The molecule has 0 radical (unpaired) electrons. The van der Waals surface area contributed by atoms with Gasteiger partial charge in [0, 0.05) is 12.0 Å². The van der Waals surface area contributed by atoms with Crippen molar-refractivity contribution >= 4 is 34.1 Å². The highest BCUT2D eigenvalue weighted by Gasteiger charge is 2.22. The molecular formula is C23H21N5O5S. The van der Waals surface area contributed by atoms with Gasteiger partial charge in [-0.05, 0) is 37.1 Å². The number of methoxy groups -OCH3 is 1. The van der Waals surface area contributed by atoms with Crippen LogP contribution in [0.5, 0.6) is 5.75 Å². The lowest BCUT2D eigenvalue weighted by molar-refractivity contribution is -0.384. The molecule has 1 amide bonds. The summed E-state index contributed by atoms with van der Waals surface area (Å²) < 4.78 is 10.7. The molecule has 1 aromatic carbocycles. The Labute approximate surface area is 199 Å². The van der Waals surface area contributed by atoms with Gasteiger partial charge in [0.1, 0.15) is 33.9 Å². The molecule has 2 heterocycles. The molecule has 1 aliphatic rings. The summed E-state index contributed by atoms with van der Waals surface area (Å²) in [6.07, 6.45) is 6.97. The van der Waals surface area contributed by atoms with E-state index in [1.165, 1.54) is 55.2 Å². The smallest absolute Gasteiger partial charge is 0.284 e. The van der Waals surface area contributed by atoms with Gasteiger partial charge in [-0.1, -0.05) is 30.6 Å². The number of ether oxygens (including phenoxy) is 1. The number of carbonyl (C=O) groups is 1. The second-order valence-corrected chi connectivity index (χ2v) is 8.76. The van der Waals surface area contributed by atoms with Gasteiger partial charge in [-0.2, -0.15) is 5.26 Å². The number of nitrogens with one attached hydrogen (secondary N) is 1. The van der Waals surface area contributed by atoms with E-state index in [1.807, 2.05) is 6.07 Å². The summed E-state index contributed by atoms with van der Waals surface area (Å²) in [5, 5.41) is 33.0. The third-order valence-electron chi connectivity index (χ3n) is 5.56. The number of carbonyl (C=O) groups excluding carboxylic acids is 1. The van der Waals surface area contributed by atoms with Crippen molar-refractivity contribution in [1.82, 2.24) is 10.2 Å². The zero-order valence-electron chi connectivity index (χ0n) is 18.3. The molecule has 1 aliphatic carbocycles. The summed E-state index contributed by atoms with van der Waals surface area (Å²) in [7, 11) is 1.42. The van der Waals surface area contributed by atoms with Gasteiger partial charge >= 0.3 is 0 Å². The number of nitrogens with zero attached hydrogens (tertiary/aromatic N) is 4. The normalized spacial score (nSPS) is 14.4. The average Bonchev–Trinajstić information content (AvgIpc) is 3.52. The molecule has 4 rings (SSSR count). The first kappa shape index (κ1) is 23.1. The number of rotatable bonds is 7.